The lowest BCUT2D eigenvalue weighted by molar-refractivity contribution is -0.368. The Morgan fingerprint density at radius 3 is 2.90 bits per heavy atom. The first-order valence-corrected chi connectivity index (χ1v) is 9.35. The lowest BCUT2D eigenvalue weighted by atomic mass is 10.2. The van der Waals surface area contributed by atoms with Gasteiger partial charge in [-0.15, -0.1) is 0 Å². The van der Waals surface area contributed by atoms with Crippen molar-refractivity contribution in [3.05, 3.63) is 65.2 Å². The predicted molar refractivity (Wildman–Crippen MR) is 107 cm³/mol. The zero-order chi connectivity index (χ0) is 20.0. The van der Waals surface area contributed by atoms with Gasteiger partial charge < -0.3 is 27.7 Å². The molecule has 10 heteroatoms. The molecule has 4 heterocycles. The molecule has 0 aliphatic carbocycles. The number of aryl methyl sites for hydroxylation is 1. The molecule has 0 radical (unpaired) electrons. The SMILES string of the molecule is [Cl-].[NH3+]CCCn1cc(-n2c(-c3c[nH]c4ncccc34)n[nH]c2=O)c2cc(F)ccc21. The van der Waals surface area contributed by atoms with E-state index in [2.05, 4.69) is 25.9 Å². The molecule has 0 atom stereocenters. The fourth-order valence-electron chi connectivity index (χ4n) is 3.74. The first-order chi connectivity index (χ1) is 14.2. The Bertz CT molecular complexity index is 1400. The van der Waals surface area contributed by atoms with Crippen molar-refractivity contribution in [2.24, 2.45) is 0 Å². The minimum atomic E-state index is -0.390. The molecule has 0 spiro atoms. The lowest BCUT2D eigenvalue weighted by Gasteiger charge is -2.04. The molecule has 8 nitrogen and oxygen atoms in total. The van der Waals surface area contributed by atoms with Crippen LogP contribution in [0.15, 0.2) is 53.7 Å². The number of nitrogens with one attached hydrogen (secondary N) is 2. The molecule has 0 bridgehead atoms. The number of hydrogen-bond donors (Lipinski definition) is 3. The smallest absolute Gasteiger partial charge is 0.348 e. The Hall–Kier alpha value is -3.43. The summed E-state index contributed by atoms with van der Waals surface area (Å²) in [6, 6.07) is 8.35. The van der Waals surface area contributed by atoms with E-state index in [1.807, 2.05) is 22.9 Å². The molecule has 0 fully saturated rings. The summed E-state index contributed by atoms with van der Waals surface area (Å²) < 4.78 is 17.6. The number of halogens is 2. The summed E-state index contributed by atoms with van der Waals surface area (Å²) in [4.78, 5) is 20.1. The molecule has 4 aromatic heterocycles. The lowest BCUT2D eigenvalue weighted by Crippen LogP contribution is -3.00. The van der Waals surface area contributed by atoms with Gasteiger partial charge in [-0.1, -0.05) is 0 Å². The van der Waals surface area contributed by atoms with E-state index in [0.29, 0.717) is 22.5 Å². The molecule has 0 amide bonds. The van der Waals surface area contributed by atoms with Gasteiger partial charge in [0, 0.05) is 47.9 Å². The number of fused-ring (bicyclic) bond motifs is 2. The monoisotopic (exact) mass is 427 g/mol. The fourth-order valence-corrected chi connectivity index (χ4v) is 3.74. The third-order valence-electron chi connectivity index (χ3n) is 5.08. The van der Waals surface area contributed by atoms with Crippen molar-refractivity contribution in [3.8, 4) is 17.1 Å². The molecule has 154 valence electrons. The van der Waals surface area contributed by atoms with Gasteiger partial charge in [-0.2, -0.15) is 5.10 Å². The van der Waals surface area contributed by atoms with Gasteiger partial charge in [0.15, 0.2) is 5.82 Å². The highest BCUT2D eigenvalue weighted by molar-refractivity contribution is 5.94. The van der Waals surface area contributed by atoms with Gasteiger partial charge in [-0.3, -0.25) is 0 Å². The van der Waals surface area contributed by atoms with Crippen molar-refractivity contribution in [1.29, 1.82) is 0 Å². The summed E-state index contributed by atoms with van der Waals surface area (Å²) in [5, 5.41) is 8.28. The average Bonchev–Trinajstić information content (AvgIpc) is 3.41. The summed E-state index contributed by atoms with van der Waals surface area (Å²) in [6.45, 7) is 1.51. The molecule has 5 rings (SSSR count). The summed E-state index contributed by atoms with van der Waals surface area (Å²) in [5.74, 6) is 0.0813. The van der Waals surface area contributed by atoms with Crippen molar-refractivity contribution in [3.63, 3.8) is 0 Å². The minimum absolute atomic E-state index is 0. The molecule has 0 aliphatic rings. The van der Waals surface area contributed by atoms with E-state index >= 15 is 0 Å². The van der Waals surface area contributed by atoms with Crippen molar-refractivity contribution >= 4 is 21.9 Å². The molecule has 0 saturated carbocycles. The zero-order valence-corrected chi connectivity index (χ0v) is 16.7. The van der Waals surface area contributed by atoms with Crippen LogP contribution in [0.5, 0.6) is 0 Å². The number of aromatic amines is 2. The van der Waals surface area contributed by atoms with Crippen LogP contribution in [0, 0.1) is 5.82 Å². The quantitative estimate of drug-likeness (QED) is 0.328. The van der Waals surface area contributed by atoms with Crippen LogP contribution in [0.4, 0.5) is 4.39 Å². The normalized spacial score (nSPS) is 11.3. The van der Waals surface area contributed by atoms with Crippen LogP contribution in [0.1, 0.15) is 6.42 Å². The van der Waals surface area contributed by atoms with Crippen LogP contribution in [0.3, 0.4) is 0 Å². The van der Waals surface area contributed by atoms with Gasteiger partial charge >= 0.3 is 5.69 Å². The Labute approximate surface area is 175 Å². The third kappa shape index (κ3) is 3.08. The van der Waals surface area contributed by atoms with Crippen LogP contribution in [0.2, 0.25) is 0 Å². The highest BCUT2D eigenvalue weighted by Crippen LogP contribution is 2.31. The second-order valence-electron chi connectivity index (χ2n) is 6.87. The Morgan fingerprint density at radius 1 is 1.20 bits per heavy atom. The van der Waals surface area contributed by atoms with Gasteiger partial charge in [0.25, 0.3) is 0 Å². The van der Waals surface area contributed by atoms with Crippen LogP contribution in [0.25, 0.3) is 39.0 Å². The van der Waals surface area contributed by atoms with E-state index in [9.17, 15) is 9.18 Å². The van der Waals surface area contributed by atoms with Crippen molar-refractivity contribution < 1.29 is 22.5 Å². The topological polar surface area (TPSA) is 112 Å². The predicted octanol–water partition coefficient (Wildman–Crippen LogP) is -1.17. The van der Waals surface area contributed by atoms with Crippen molar-refractivity contribution in [2.75, 3.05) is 6.54 Å². The number of rotatable bonds is 5. The van der Waals surface area contributed by atoms with Crippen LogP contribution < -0.4 is 23.8 Å². The molecule has 0 saturated heterocycles. The highest BCUT2D eigenvalue weighted by atomic mass is 35.5. The van der Waals surface area contributed by atoms with Crippen LogP contribution in [-0.4, -0.2) is 35.8 Å². The Kier molecular flexibility index (Phi) is 5.15. The Morgan fingerprint density at radius 2 is 2.07 bits per heavy atom. The van der Waals surface area contributed by atoms with E-state index in [0.717, 1.165) is 36.0 Å². The maximum Gasteiger partial charge on any atom is 0.348 e. The van der Waals surface area contributed by atoms with Gasteiger partial charge in [0.2, 0.25) is 0 Å². The molecule has 0 unspecified atom stereocenters. The summed E-state index contributed by atoms with van der Waals surface area (Å²) in [5.41, 5.74) is 6.37. The molecular weight excluding hydrogens is 409 g/mol. The fraction of sp³-hybridized carbons (Fsp3) is 0.150. The van der Waals surface area contributed by atoms with E-state index in [4.69, 9.17) is 0 Å². The molecular formula is C20H19ClFN7O. The summed E-state index contributed by atoms with van der Waals surface area (Å²) in [6.07, 6.45) is 6.21. The molecule has 5 aromatic rings. The number of nitrogens with zero attached hydrogens (tertiary/aromatic N) is 4. The molecule has 0 aliphatic heterocycles. The number of pyridine rings is 1. The molecule has 5 N–H and O–H groups in total. The number of quaternary nitrogens is 1. The van der Waals surface area contributed by atoms with Crippen molar-refractivity contribution in [2.45, 2.75) is 13.0 Å². The number of aromatic nitrogens is 6. The van der Waals surface area contributed by atoms with Crippen molar-refractivity contribution in [1.82, 2.24) is 29.3 Å². The summed E-state index contributed by atoms with van der Waals surface area (Å²) >= 11 is 0. The third-order valence-corrected chi connectivity index (χ3v) is 5.08. The average molecular weight is 428 g/mol. The van der Waals surface area contributed by atoms with Crippen LogP contribution >= 0.6 is 0 Å². The van der Waals surface area contributed by atoms with E-state index < -0.39 is 5.69 Å². The first-order valence-electron chi connectivity index (χ1n) is 9.35. The van der Waals surface area contributed by atoms with Gasteiger partial charge in [0.1, 0.15) is 11.5 Å². The number of H-pyrrole nitrogens is 2. The van der Waals surface area contributed by atoms with E-state index in [1.165, 1.54) is 16.7 Å². The first kappa shape index (κ1) is 19.9. The van der Waals surface area contributed by atoms with E-state index in [1.54, 1.807) is 18.5 Å². The standard InChI is InChI=1S/C20H18FN7O.ClH/c21-12-4-5-16-14(9-12)17(11-27(16)8-2-6-22)28-19(25-26-20(28)29)15-10-24-18-13(15)3-1-7-23-18;/h1,3-5,7,9-11H,2,6,8,22H2,(H,23,24)(H,26,29);1H. The minimum Gasteiger partial charge on any atom is -1.00 e. The molecule has 30 heavy (non-hydrogen) atoms. The van der Waals surface area contributed by atoms with Gasteiger partial charge in [-0.25, -0.2) is 23.8 Å². The van der Waals surface area contributed by atoms with E-state index in [-0.39, 0.29) is 18.2 Å². The number of hydrogen-bond acceptors (Lipinski definition) is 3. The zero-order valence-electron chi connectivity index (χ0n) is 15.9. The second-order valence-corrected chi connectivity index (χ2v) is 6.87. The largest absolute Gasteiger partial charge is 1.00 e. The van der Waals surface area contributed by atoms with Gasteiger partial charge in [-0.05, 0) is 30.3 Å². The summed E-state index contributed by atoms with van der Waals surface area (Å²) in [7, 11) is 0. The second kappa shape index (κ2) is 7.77. The maximum atomic E-state index is 14.1. The highest BCUT2D eigenvalue weighted by Gasteiger charge is 2.20. The van der Waals surface area contributed by atoms with Crippen LogP contribution in [-0.2, 0) is 6.54 Å². The maximum absolute atomic E-state index is 14.1. The Balaban J connectivity index is 0.00000218. The number of benzene rings is 1. The van der Waals surface area contributed by atoms with Gasteiger partial charge in [0.05, 0.1) is 17.7 Å². The molecule has 1 aromatic carbocycles.